The molecule has 0 saturated heterocycles. The summed E-state index contributed by atoms with van der Waals surface area (Å²) in [6.45, 7) is 2.95. The molecule has 0 aromatic rings. The van der Waals surface area contributed by atoms with Crippen LogP contribution < -0.4 is 0 Å². The summed E-state index contributed by atoms with van der Waals surface area (Å²) >= 11 is 0. The van der Waals surface area contributed by atoms with Crippen LogP contribution in [0.5, 0.6) is 0 Å². The number of Topliss-reactive ketones (excluding diaryl/α,β-unsaturated/α-hetero) is 2. The van der Waals surface area contributed by atoms with E-state index in [0.29, 0.717) is 6.42 Å². The van der Waals surface area contributed by atoms with E-state index < -0.39 is 0 Å². The molecule has 0 heterocycles. The maximum atomic E-state index is 10.2. The van der Waals surface area contributed by atoms with E-state index >= 15 is 0 Å². The van der Waals surface area contributed by atoms with Crippen LogP contribution in [0.4, 0.5) is 0 Å². The van der Waals surface area contributed by atoms with Gasteiger partial charge in [-0.05, 0) is 0 Å². The van der Waals surface area contributed by atoms with Crippen LogP contribution in [0.2, 0.25) is 0 Å². The first-order valence-electron chi connectivity index (χ1n) is 2.22. The van der Waals surface area contributed by atoms with E-state index in [0.717, 1.165) is 0 Å². The summed E-state index contributed by atoms with van der Waals surface area (Å²) in [5.74, 6) is -0.637. The molecule has 0 saturated carbocycles. The van der Waals surface area contributed by atoms with Gasteiger partial charge in [-0.25, -0.2) is 0 Å². The Morgan fingerprint density at radius 1 is 1.38 bits per heavy atom. The number of ketones is 2. The van der Waals surface area contributed by atoms with E-state index in [1.165, 1.54) is 6.92 Å². The van der Waals surface area contributed by atoms with Gasteiger partial charge in [0.15, 0.2) is 11.6 Å². The Morgan fingerprint density at radius 3 is 1.75 bits per heavy atom. The predicted octanol–water partition coefficient (Wildman–Crippen LogP) is 0.552. The van der Waals surface area contributed by atoms with Crippen LogP contribution in [0.1, 0.15) is 20.3 Å². The largest absolute Gasteiger partial charge is 3.00 e. The number of carbonyl (C=O) groups is 2. The fourth-order valence-electron chi connectivity index (χ4n) is 0.249. The number of hydrogen-bond donors (Lipinski definition) is 0. The van der Waals surface area contributed by atoms with Crippen molar-refractivity contribution in [2.45, 2.75) is 20.3 Å². The van der Waals surface area contributed by atoms with Crippen molar-refractivity contribution in [2.24, 2.45) is 0 Å². The summed E-state index contributed by atoms with van der Waals surface area (Å²) in [5, 5.41) is 0. The zero-order chi connectivity index (χ0) is 5.86. The van der Waals surface area contributed by atoms with Gasteiger partial charge in [-0.15, -0.1) is 0 Å². The summed E-state index contributed by atoms with van der Waals surface area (Å²) in [7, 11) is 0. The average molecular weight is 203 g/mol. The van der Waals surface area contributed by atoms with Gasteiger partial charge in [0, 0.05) is 13.3 Å². The minimum absolute atomic E-state index is 0. The zero-order valence-corrected chi connectivity index (χ0v) is 6.50. The third-order valence-electron chi connectivity index (χ3n) is 0.714. The second-order valence-corrected chi connectivity index (χ2v) is 1.33. The third kappa shape index (κ3) is 4.13. The van der Waals surface area contributed by atoms with Crippen molar-refractivity contribution in [3.63, 3.8) is 0 Å². The first kappa shape index (κ1) is 10.9. The maximum Gasteiger partial charge on any atom is 3.00 e. The standard InChI is InChI=1S/C5H8O2.Rh/c1-3-5(7)4(2)6;/h3H2,1-2H3;/q;+3. The Morgan fingerprint density at radius 2 is 1.75 bits per heavy atom. The first-order chi connectivity index (χ1) is 3.18. The number of carbonyl (C=O) groups excluding carboxylic acids is 2. The summed E-state index contributed by atoms with van der Waals surface area (Å²) in [5.41, 5.74) is 0. The van der Waals surface area contributed by atoms with Crippen molar-refractivity contribution < 1.29 is 29.1 Å². The Bertz CT molecular complexity index is 98.6. The van der Waals surface area contributed by atoms with Crippen molar-refractivity contribution in [2.75, 3.05) is 0 Å². The van der Waals surface area contributed by atoms with Crippen molar-refractivity contribution in [3.8, 4) is 0 Å². The van der Waals surface area contributed by atoms with E-state index in [9.17, 15) is 9.59 Å². The number of rotatable bonds is 2. The third-order valence-corrected chi connectivity index (χ3v) is 0.714. The SMILES string of the molecule is CCC(=O)C(C)=O.[Rh+3]. The second kappa shape index (κ2) is 5.11. The topological polar surface area (TPSA) is 34.1 Å². The zero-order valence-electron chi connectivity index (χ0n) is 4.86. The van der Waals surface area contributed by atoms with E-state index in [1.54, 1.807) is 6.92 Å². The summed E-state index contributed by atoms with van der Waals surface area (Å²) in [6, 6.07) is 0. The summed E-state index contributed by atoms with van der Waals surface area (Å²) in [4.78, 5) is 20.2. The molecular weight excluding hydrogens is 195 g/mol. The van der Waals surface area contributed by atoms with E-state index in [-0.39, 0.29) is 31.0 Å². The molecule has 0 aromatic carbocycles. The van der Waals surface area contributed by atoms with E-state index in [2.05, 4.69) is 0 Å². The van der Waals surface area contributed by atoms with Gasteiger partial charge in [0.25, 0.3) is 0 Å². The van der Waals surface area contributed by atoms with Gasteiger partial charge < -0.3 is 0 Å². The van der Waals surface area contributed by atoms with Crippen molar-refractivity contribution in [1.29, 1.82) is 0 Å². The fourth-order valence-corrected chi connectivity index (χ4v) is 0.249. The van der Waals surface area contributed by atoms with Gasteiger partial charge in [-0.1, -0.05) is 6.92 Å². The van der Waals surface area contributed by atoms with E-state index in [1.807, 2.05) is 0 Å². The molecule has 0 fully saturated rings. The molecule has 0 radical (unpaired) electrons. The van der Waals surface area contributed by atoms with Crippen LogP contribution in [0, 0.1) is 0 Å². The molecule has 0 amide bonds. The van der Waals surface area contributed by atoms with Gasteiger partial charge in [0.1, 0.15) is 0 Å². The molecular formula is C5H8O2Rh+3. The molecule has 0 N–H and O–H groups in total. The van der Waals surface area contributed by atoms with Gasteiger partial charge in [-0.3, -0.25) is 9.59 Å². The molecule has 0 aliphatic carbocycles. The summed E-state index contributed by atoms with van der Waals surface area (Å²) in [6.07, 6.45) is 0.329. The second-order valence-electron chi connectivity index (χ2n) is 1.33. The molecule has 8 heavy (non-hydrogen) atoms. The molecule has 0 aromatic heterocycles. The minimum Gasteiger partial charge on any atom is -0.291 e. The fraction of sp³-hybridized carbons (Fsp3) is 0.600. The Hall–Kier alpha value is -0.0366. The Balaban J connectivity index is 0. The monoisotopic (exact) mass is 203 g/mol. The molecule has 0 aliphatic heterocycles. The number of hydrogen-bond acceptors (Lipinski definition) is 2. The van der Waals surface area contributed by atoms with Gasteiger partial charge in [0.2, 0.25) is 0 Å². The average Bonchev–Trinajstić information content (AvgIpc) is 1.65. The van der Waals surface area contributed by atoms with Gasteiger partial charge in [-0.2, -0.15) is 0 Å². The van der Waals surface area contributed by atoms with Gasteiger partial charge in [0.05, 0.1) is 0 Å². The maximum absolute atomic E-state index is 10.2. The van der Waals surface area contributed by atoms with Crippen molar-refractivity contribution in [3.05, 3.63) is 0 Å². The predicted molar refractivity (Wildman–Crippen MR) is 26.0 cm³/mol. The van der Waals surface area contributed by atoms with Crippen molar-refractivity contribution >= 4 is 11.6 Å². The van der Waals surface area contributed by atoms with Crippen LogP contribution in [0.3, 0.4) is 0 Å². The van der Waals surface area contributed by atoms with Gasteiger partial charge >= 0.3 is 19.5 Å². The quantitative estimate of drug-likeness (QED) is 0.485. The molecule has 0 spiro atoms. The summed E-state index contributed by atoms with van der Waals surface area (Å²) < 4.78 is 0. The van der Waals surface area contributed by atoms with Crippen LogP contribution in [-0.2, 0) is 29.1 Å². The molecule has 3 heteroatoms. The molecule has 2 nitrogen and oxygen atoms in total. The first-order valence-corrected chi connectivity index (χ1v) is 2.22. The normalized spacial score (nSPS) is 7.25. The molecule has 0 rings (SSSR count). The molecule has 0 aliphatic rings. The van der Waals surface area contributed by atoms with Crippen LogP contribution >= 0.6 is 0 Å². The van der Waals surface area contributed by atoms with Crippen LogP contribution in [0.25, 0.3) is 0 Å². The minimum atomic E-state index is -0.345. The molecule has 0 bridgehead atoms. The van der Waals surface area contributed by atoms with Crippen LogP contribution in [0.15, 0.2) is 0 Å². The Labute approximate surface area is 61.4 Å². The molecule has 0 atom stereocenters. The van der Waals surface area contributed by atoms with Crippen LogP contribution in [-0.4, -0.2) is 11.6 Å². The Kier molecular flexibility index (Phi) is 6.93. The smallest absolute Gasteiger partial charge is 0.291 e. The molecule has 0 unspecified atom stereocenters. The molecule has 46 valence electrons. The van der Waals surface area contributed by atoms with E-state index in [4.69, 9.17) is 0 Å². The van der Waals surface area contributed by atoms with Crippen molar-refractivity contribution in [1.82, 2.24) is 0 Å².